The van der Waals surface area contributed by atoms with Crippen molar-refractivity contribution in [1.82, 2.24) is 10.2 Å². The minimum atomic E-state index is -1.17. The molecule has 8 heteroatoms. The van der Waals surface area contributed by atoms with Gasteiger partial charge in [0.1, 0.15) is 12.1 Å². The highest BCUT2D eigenvalue weighted by molar-refractivity contribution is 7.08. The van der Waals surface area contributed by atoms with Gasteiger partial charge in [-0.25, -0.2) is 4.79 Å². The summed E-state index contributed by atoms with van der Waals surface area (Å²) in [5.41, 5.74) is 0.341. The van der Waals surface area contributed by atoms with Crippen LogP contribution >= 0.6 is 11.3 Å². The van der Waals surface area contributed by atoms with E-state index in [9.17, 15) is 14.4 Å². The number of carbonyl (C=O) groups excluding carboxylic acids is 3. The number of carbonyl (C=O) groups is 3. The molecule has 0 bridgehead atoms. The number of anilines is 1. The molecule has 1 atom stereocenters. The maximum absolute atomic E-state index is 12.6. The lowest BCUT2D eigenvalue weighted by Crippen LogP contribution is -2.41. The zero-order valence-corrected chi connectivity index (χ0v) is 14.1. The van der Waals surface area contributed by atoms with E-state index in [4.69, 9.17) is 5.26 Å². The smallest absolute Gasteiger partial charge is 0.324 e. The number of hydrogen-bond donors (Lipinski definition) is 2. The molecule has 1 aromatic carbocycles. The lowest BCUT2D eigenvalue weighted by molar-refractivity contribution is -0.133. The van der Waals surface area contributed by atoms with E-state index in [-0.39, 0.29) is 0 Å². The number of nitrogens with zero attached hydrogens (tertiary/aromatic N) is 2. The van der Waals surface area contributed by atoms with Crippen LogP contribution in [0.25, 0.3) is 0 Å². The Morgan fingerprint density at radius 1 is 1.40 bits per heavy atom. The van der Waals surface area contributed by atoms with Crippen molar-refractivity contribution in [2.24, 2.45) is 0 Å². The van der Waals surface area contributed by atoms with Crippen LogP contribution in [0.5, 0.6) is 0 Å². The molecule has 2 heterocycles. The molecule has 1 fully saturated rings. The van der Waals surface area contributed by atoms with Crippen molar-refractivity contribution >= 4 is 34.9 Å². The molecule has 7 nitrogen and oxygen atoms in total. The fourth-order valence-electron chi connectivity index (χ4n) is 2.60. The van der Waals surface area contributed by atoms with Crippen LogP contribution in [0.1, 0.15) is 18.1 Å². The number of urea groups is 1. The summed E-state index contributed by atoms with van der Waals surface area (Å²) in [5.74, 6) is -0.995. The minimum absolute atomic E-state index is 0.401. The number of imide groups is 1. The predicted octanol–water partition coefficient (Wildman–Crippen LogP) is 2.03. The molecule has 0 radical (unpaired) electrons. The van der Waals surface area contributed by atoms with E-state index in [1.807, 2.05) is 11.4 Å². The number of thiophene rings is 1. The lowest BCUT2D eigenvalue weighted by atomic mass is 9.95. The highest BCUT2D eigenvalue weighted by atomic mass is 32.1. The van der Waals surface area contributed by atoms with Gasteiger partial charge in [-0.3, -0.25) is 14.5 Å². The molecule has 0 spiro atoms. The van der Waals surface area contributed by atoms with Crippen molar-refractivity contribution in [3.05, 3.63) is 52.2 Å². The summed E-state index contributed by atoms with van der Waals surface area (Å²) < 4.78 is 0. The Labute approximate surface area is 147 Å². The molecule has 126 valence electrons. The Hall–Kier alpha value is -3.18. The van der Waals surface area contributed by atoms with Crippen molar-refractivity contribution in [3.8, 4) is 6.07 Å². The minimum Gasteiger partial charge on any atom is -0.324 e. The van der Waals surface area contributed by atoms with Gasteiger partial charge in [-0.2, -0.15) is 16.6 Å². The summed E-state index contributed by atoms with van der Waals surface area (Å²) >= 11 is 1.42. The van der Waals surface area contributed by atoms with Crippen molar-refractivity contribution in [2.45, 2.75) is 12.5 Å². The van der Waals surface area contributed by atoms with Gasteiger partial charge in [0, 0.05) is 5.69 Å². The van der Waals surface area contributed by atoms with Gasteiger partial charge in [0.2, 0.25) is 5.91 Å². The first-order valence-electron chi connectivity index (χ1n) is 7.41. The van der Waals surface area contributed by atoms with Gasteiger partial charge in [-0.05, 0) is 47.5 Å². The summed E-state index contributed by atoms with van der Waals surface area (Å²) in [5, 5.41) is 17.7. The normalized spacial score (nSPS) is 19.4. The molecular weight excluding hydrogens is 340 g/mol. The lowest BCUT2D eigenvalue weighted by Gasteiger charge is -2.20. The topological polar surface area (TPSA) is 102 Å². The van der Waals surface area contributed by atoms with Crippen LogP contribution in [0.15, 0.2) is 41.1 Å². The Balaban J connectivity index is 1.72. The Morgan fingerprint density at radius 3 is 2.88 bits per heavy atom. The van der Waals surface area contributed by atoms with Gasteiger partial charge >= 0.3 is 6.03 Å². The van der Waals surface area contributed by atoms with E-state index in [2.05, 4.69) is 10.6 Å². The molecule has 0 unspecified atom stereocenters. The maximum atomic E-state index is 12.6. The largest absolute Gasteiger partial charge is 0.325 e. The van der Waals surface area contributed by atoms with E-state index in [0.717, 1.165) is 4.90 Å². The predicted molar refractivity (Wildman–Crippen MR) is 91.7 cm³/mol. The SMILES string of the molecule is C[C@]1(c2ccsc2)NC(=O)N(CC(=O)Nc2cccc(C#N)c2)C1=O. The molecule has 2 N–H and O–H groups in total. The van der Waals surface area contributed by atoms with Crippen molar-refractivity contribution in [1.29, 1.82) is 5.26 Å². The second kappa shape index (κ2) is 6.37. The quantitative estimate of drug-likeness (QED) is 0.820. The third kappa shape index (κ3) is 3.09. The molecule has 4 amide bonds. The molecule has 1 aromatic heterocycles. The van der Waals surface area contributed by atoms with Gasteiger partial charge in [0.25, 0.3) is 5.91 Å². The van der Waals surface area contributed by atoms with Crippen LogP contribution in [0, 0.1) is 11.3 Å². The number of rotatable bonds is 4. The second-order valence-electron chi connectivity index (χ2n) is 5.70. The third-order valence-electron chi connectivity index (χ3n) is 3.95. The van der Waals surface area contributed by atoms with Gasteiger partial charge < -0.3 is 10.6 Å². The van der Waals surface area contributed by atoms with E-state index in [1.54, 1.807) is 36.6 Å². The van der Waals surface area contributed by atoms with E-state index in [0.29, 0.717) is 16.8 Å². The number of hydrogen-bond acceptors (Lipinski definition) is 5. The molecule has 0 aliphatic carbocycles. The summed E-state index contributed by atoms with van der Waals surface area (Å²) in [6.45, 7) is 1.21. The highest BCUT2D eigenvalue weighted by Gasteiger charge is 2.49. The zero-order valence-electron chi connectivity index (χ0n) is 13.3. The second-order valence-corrected chi connectivity index (χ2v) is 6.48. The fourth-order valence-corrected chi connectivity index (χ4v) is 3.36. The Bertz CT molecular complexity index is 888. The standard InChI is InChI=1S/C17H14N4O3S/c1-17(12-5-6-25-10-12)15(23)21(16(24)20-17)9-14(22)19-13-4-2-3-11(7-13)8-18/h2-7,10H,9H2,1H3,(H,19,22)(H,20,24)/t17-/m1/s1. The van der Waals surface area contributed by atoms with Crippen LogP contribution in [0.3, 0.4) is 0 Å². The van der Waals surface area contributed by atoms with E-state index in [1.165, 1.54) is 17.4 Å². The average molecular weight is 354 g/mol. The Morgan fingerprint density at radius 2 is 2.20 bits per heavy atom. The highest BCUT2D eigenvalue weighted by Crippen LogP contribution is 2.30. The van der Waals surface area contributed by atoms with Crippen molar-refractivity contribution < 1.29 is 14.4 Å². The first kappa shape index (κ1) is 16.7. The summed E-state index contributed by atoms with van der Waals surface area (Å²) in [7, 11) is 0. The first-order chi connectivity index (χ1) is 11.9. The molecule has 25 heavy (non-hydrogen) atoms. The third-order valence-corrected chi connectivity index (χ3v) is 4.63. The fraction of sp³-hybridized carbons (Fsp3) is 0.176. The summed E-state index contributed by atoms with van der Waals surface area (Å²) in [6.07, 6.45) is 0. The average Bonchev–Trinajstić information content (AvgIpc) is 3.20. The van der Waals surface area contributed by atoms with Crippen LogP contribution in [-0.4, -0.2) is 29.3 Å². The Kier molecular flexibility index (Phi) is 4.25. The molecule has 2 aromatic rings. The van der Waals surface area contributed by atoms with Crippen LogP contribution < -0.4 is 10.6 Å². The molecule has 3 rings (SSSR count). The van der Waals surface area contributed by atoms with Gasteiger partial charge in [0.15, 0.2) is 0 Å². The number of nitriles is 1. The zero-order chi connectivity index (χ0) is 18.0. The van der Waals surface area contributed by atoms with Crippen LogP contribution in [0.2, 0.25) is 0 Å². The van der Waals surface area contributed by atoms with Gasteiger partial charge in [-0.15, -0.1) is 0 Å². The molecule has 1 aliphatic rings. The molecular formula is C17H14N4O3S. The van der Waals surface area contributed by atoms with Gasteiger partial charge in [0.05, 0.1) is 11.6 Å². The van der Waals surface area contributed by atoms with E-state index >= 15 is 0 Å². The van der Waals surface area contributed by atoms with Crippen LogP contribution in [0.4, 0.5) is 10.5 Å². The van der Waals surface area contributed by atoms with Gasteiger partial charge in [-0.1, -0.05) is 6.07 Å². The summed E-state index contributed by atoms with van der Waals surface area (Å²) in [6, 6.07) is 9.51. The van der Waals surface area contributed by atoms with Crippen molar-refractivity contribution in [3.63, 3.8) is 0 Å². The van der Waals surface area contributed by atoms with E-state index < -0.39 is 29.9 Å². The first-order valence-corrected chi connectivity index (χ1v) is 8.35. The maximum Gasteiger partial charge on any atom is 0.325 e. The summed E-state index contributed by atoms with van der Waals surface area (Å²) in [4.78, 5) is 37.9. The monoisotopic (exact) mass is 354 g/mol. The molecule has 1 aliphatic heterocycles. The molecule has 0 saturated carbocycles. The van der Waals surface area contributed by atoms with Crippen LogP contribution in [-0.2, 0) is 15.1 Å². The number of nitrogens with one attached hydrogen (secondary N) is 2. The van der Waals surface area contributed by atoms with Crippen molar-refractivity contribution in [2.75, 3.05) is 11.9 Å². The molecule has 1 saturated heterocycles. The number of benzene rings is 1. The number of amides is 4.